The number of nitrogens with zero attached hydrogens (tertiary/aromatic N) is 1. The van der Waals surface area contributed by atoms with Crippen LogP contribution >= 0.6 is 0 Å². The molecular formula is C10H12FNO3. The molecule has 0 aliphatic carbocycles. The summed E-state index contributed by atoms with van der Waals surface area (Å²) in [6.45, 7) is -0.337. The lowest BCUT2D eigenvalue weighted by atomic mass is 10.1. The van der Waals surface area contributed by atoms with E-state index in [9.17, 15) is 9.28 Å². The second-order valence-corrected chi connectivity index (χ2v) is 2.96. The average molecular weight is 213 g/mol. The minimum Gasteiger partial charge on any atom is -0.463 e. The van der Waals surface area contributed by atoms with E-state index >= 15 is 0 Å². The van der Waals surface area contributed by atoms with E-state index in [1.165, 1.54) is 7.11 Å². The summed E-state index contributed by atoms with van der Waals surface area (Å²) in [4.78, 5) is 10.3. The van der Waals surface area contributed by atoms with Gasteiger partial charge in [-0.15, -0.1) is 5.12 Å². The van der Waals surface area contributed by atoms with E-state index in [1.807, 2.05) is 6.07 Å². The maximum Gasteiger partial charge on any atom is 0.435 e. The van der Waals surface area contributed by atoms with Gasteiger partial charge in [0.05, 0.1) is 6.54 Å². The molecule has 0 spiro atoms. The smallest absolute Gasteiger partial charge is 0.435 e. The van der Waals surface area contributed by atoms with E-state index in [0.717, 1.165) is 5.56 Å². The van der Waals surface area contributed by atoms with Gasteiger partial charge in [-0.1, -0.05) is 34.8 Å². The Morgan fingerprint density at radius 2 is 2.13 bits per heavy atom. The van der Waals surface area contributed by atoms with Crippen molar-refractivity contribution in [3.05, 3.63) is 35.9 Å². The van der Waals surface area contributed by atoms with Gasteiger partial charge in [0.25, 0.3) is 0 Å². The third-order valence-electron chi connectivity index (χ3n) is 1.99. The number of carboxylic acid groups (broad SMARTS) is 1. The number of hydrogen-bond donors (Lipinski definition) is 1. The topological polar surface area (TPSA) is 49.8 Å². The molecule has 0 fully saturated rings. The molecule has 1 rings (SSSR count). The van der Waals surface area contributed by atoms with Crippen molar-refractivity contribution in [2.75, 3.05) is 13.7 Å². The number of carbonyl (C=O) groups is 1. The molecule has 15 heavy (non-hydrogen) atoms. The molecule has 1 atom stereocenters. The second kappa shape index (κ2) is 5.31. The SMILES string of the molecule is COC(CN(F)C(=O)O)c1ccccc1. The number of ether oxygens (including phenoxy) is 1. The van der Waals surface area contributed by atoms with Gasteiger partial charge < -0.3 is 9.84 Å². The molecule has 4 nitrogen and oxygen atoms in total. The number of methoxy groups -OCH3 is 1. The van der Waals surface area contributed by atoms with E-state index in [1.54, 1.807) is 24.3 Å². The van der Waals surface area contributed by atoms with Crippen LogP contribution in [0.1, 0.15) is 11.7 Å². The lowest BCUT2D eigenvalue weighted by Gasteiger charge is -2.17. The summed E-state index contributed by atoms with van der Waals surface area (Å²) in [7, 11) is 1.41. The van der Waals surface area contributed by atoms with Gasteiger partial charge in [0.15, 0.2) is 0 Å². The van der Waals surface area contributed by atoms with E-state index in [0.29, 0.717) is 0 Å². The molecule has 1 aromatic rings. The molecular weight excluding hydrogens is 201 g/mol. The average Bonchev–Trinajstić information content (AvgIpc) is 2.26. The highest BCUT2D eigenvalue weighted by Gasteiger charge is 2.18. The Bertz CT molecular complexity index is 318. The highest BCUT2D eigenvalue weighted by Crippen LogP contribution is 2.17. The van der Waals surface area contributed by atoms with Crippen LogP contribution in [-0.4, -0.2) is 30.0 Å². The van der Waals surface area contributed by atoms with Crippen molar-refractivity contribution in [1.29, 1.82) is 0 Å². The van der Waals surface area contributed by atoms with Crippen LogP contribution in [0.5, 0.6) is 0 Å². The van der Waals surface area contributed by atoms with Crippen LogP contribution in [0.4, 0.5) is 9.28 Å². The molecule has 0 aliphatic rings. The maximum atomic E-state index is 12.8. The van der Waals surface area contributed by atoms with Crippen molar-refractivity contribution in [2.45, 2.75) is 6.10 Å². The fraction of sp³-hybridized carbons (Fsp3) is 0.300. The van der Waals surface area contributed by atoms with Crippen molar-refractivity contribution in [2.24, 2.45) is 0 Å². The lowest BCUT2D eigenvalue weighted by molar-refractivity contribution is -0.0182. The Morgan fingerprint density at radius 1 is 1.53 bits per heavy atom. The maximum absolute atomic E-state index is 12.8. The fourth-order valence-corrected chi connectivity index (χ4v) is 1.21. The first-order chi connectivity index (χ1) is 7.15. The molecule has 0 saturated carbocycles. The van der Waals surface area contributed by atoms with Crippen LogP contribution < -0.4 is 0 Å². The van der Waals surface area contributed by atoms with Gasteiger partial charge in [-0.05, 0) is 5.56 Å². The zero-order chi connectivity index (χ0) is 11.3. The number of amides is 1. The van der Waals surface area contributed by atoms with E-state index < -0.39 is 12.2 Å². The third kappa shape index (κ3) is 3.21. The van der Waals surface area contributed by atoms with Gasteiger partial charge >= 0.3 is 6.09 Å². The zero-order valence-electron chi connectivity index (χ0n) is 8.26. The van der Waals surface area contributed by atoms with Gasteiger partial charge in [-0.3, -0.25) is 0 Å². The number of rotatable bonds is 4. The van der Waals surface area contributed by atoms with Gasteiger partial charge in [0.1, 0.15) is 6.10 Å². The normalized spacial score (nSPS) is 12.1. The summed E-state index contributed by atoms with van der Waals surface area (Å²) in [6, 6.07) is 8.89. The molecule has 0 saturated heterocycles. The predicted molar refractivity (Wildman–Crippen MR) is 52.0 cm³/mol. The molecule has 0 bridgehead atoms. The first-order valence-corrected chi connectivity index (χ1v) is 4.39. The largest absolute Gasteiger partial charge is 0.463 e. The third-order valence-corrected chi connectivity index (χ3v) is 1.99. The zero-order valence-corrected chi connectivity index (χ0v) is 8.26. The van der Waals surface area contributed by atoms with Gasteiger partial charge in [-0.25, -0.2) is 4.79 Å². The van der Waals surface area contributed by atoms with E-state index in [4.69, 9.17) is 9.84 Å². The van der Waals surface area contributed by atoms with Crippen molar-refractivity contribution in [3.63, 3.8) is 0 Å². The standard InChI is InChI=1S/C10H12FNO3/c1-15-9(7-12(11)10(13)14)8-5-3-2-4-6-8/h2-6,9H,7H2,1H3,(H,13,14). The minimum absolute atomic E-state index is 0.291. The van der Waals surface area contributed by atoms with Crippen LogP contribution in [-0.2, 0) is 4.74 Å². The highest BCUT2D eigenvalue weighted by molar-refractivity contribution is 5.63. The molecule has 1 unspecified atom stereocenters. The van der Waals surface area contributed by atoms with Crippen molar-refractivity contribution < 1.29 is 19.1 Å². The molecule has 82 valence electrons. The molecule has 0 radical (unpaired) electrons. The number of hydrogen-bond acceptors (Lipinski definition) is 2. The van der Waals surface area contributed by atoms with Gasteiger partial charge in [-0.2, -0.15) is 0 Å². The quantitative estimate of drug-likeness (QED) is 0.780. The molecule has 0 aromatic heterocycles. The highest BCUT2D eigenvalue weighted by atomic mass is 19.2. The fourth-order valence-electron chi connectivity index (χ4n) is 1.21. The molecule has 0 heterocycles. The molecule has 1 aromatic carbocycles. The Labute approximate surface area is 86.8 Å². The Kier molecular flexibility index (Phi) is 4.05. The Morgan fingerprint density at radius 3 is 2.60 bits per heavy atom. The number of benzene rings is 1. The Hall–Kier alpha value is -1.62. The summed E-state index contributed by atoms with van der Waals surface area (Å²) in [6.07, 6.45) is -2.21. The van der Waals surface area contributed by atoms with Crippen molar-refractivity contribution in [3.8, 4) is 0 Å². The van der Waals surface area contributed by atoms with E-state index in [2.05, 4.69) is 0 Å². The monoisotopic (exact) mass is 213 g/mol. The van der Waals surface area contributed by atoms with E-state index in [-0.39, 0.29) is 11.7 Å². The van der Waals surface area contributed by atoms with Crippen LogP contribution in [0.25, 0.3) is 0 Å². The molecule has 0 aliphatic heterocycles. The van der Waals surface area contributed by atoms with Crippen LogP contribution in [0.2, 0.25) is 0 Å². The van der Waals surface area contributed by atoms with Crippen LogP contribution in [0.15, 0.2) is 30.3 Å². The van der Waals surface area contributed by atoms with Crippen molar-refractivity contribution in [1.82, 2.24) is 5.12 Å². The number of halogens is 1. The summed E-state index contributed by atoms with van der Waals surface area (Å²) in [5, 5.41) is 8.08. The van der Waals surface area contributed by atoms with Gasteiger partial charge in [0, 0.05) is 7.11 Å². The molecule has 1 amide bonds. The van der Waals surface area contributed by atoms with Crippen LogP contribution in [0, 0.1) is 0 Å². The van der Waals surface area contributed by atoms with Crippen molar-refractivity contribution >= 4 is 6.09 Å². The van der Waals surface area contributed by atoms with Crippen LogP contribution in [0.3, 0.4) is 0 Å². The van der Waals surface area contributed by atoms with Gasteiger partial charge in [0.2, 0.25) is 0 Å². The molecule has 1 N–H and O–H groups in total. The summed E-state index contributed by atoms with van der Waals surface area (Å²) < 4.78 is 17.8. The predicted octanol–water partition coefficient (Wildman–Crippen LogP) is 2.24. The lowest BCUT2D eigenvalue weighted by Crippen LogP contribution is -2.26. The summed E-state index contributed by atoms with van der Waals surface area (Å²) >= 11 is 0. The second-order valence-electron chi connectivity index (χ2n) is 2.96. The summed E-state index contributed by atoms with van der Waals surface area (Å²) in [5.74, 6) is 0. The first-order valence-electron chi connectivity index (χ1n) is 4.39. The summed E-state index contributed by atoms with van der Waals surface area (Å²) in [5.41, 5.74) is 0.740. The Balaban J connectivity index is 2.69. The minimum atomic E-state index is -1.62. The first kappa shape index (κ1) is 11.5. The molecule has 5 heteroatoms.